The van der Waals surface area contributed by atoms with Crippen LogP contribution in [-0.2, 0) is 0 Å². The van der Waals surface area contributed by atoms with Crippen LogP contribution in [0.2, 0.25) is 0 Å². The molecule has 0 radical (unpaired) electrons. The lowest BCUT2D eigenvalue weighted by Gasteiger charge is -2.07. The number of carbonyl (C=O) groups is 2. The second-order valence-electron chi connectivity index (χ2n) is 5.33. The summed E-state index contributed by atoms with van der Waals surface area (Å²) in [6, 6.07) is 8.63. The fourth-order valence-corrected chi connectivity index (χ4v) is 2.08. The van der Waals surface area contributed by atoms with Crippen molar-refractivity contribution in [1.29, 1.82) is 0 Å². The Morgan fingerprint density at radius 1 is 1.08 bits per heavy atom. The number of hydrogen-bond acceptors (Lipinski definition) is 7. The minimum atomic E-state index is -0.439. The highest BCUT2D eigenvalue weighted by molar-refractivity contribution is 6.02. The maximum absolute atomic E-state index is 12.1. The van der Waals surface area contributed by atoms with Crippen molar-refractivity contribution in [2.45, 2.75) is 13.8 Å². The normalized spacial score (nSPS) is 10.3. The fraction of sp³-hybridized carbons (Fsp3) is 0.118. The predicted molar refractivity (Wildman–Crippen MR) is 91.0 cm³/mol. The van der Waals surface area contributed by atoms with Gasteiger partial charge in [-0.15, -0.1) is 0 Å². The molecule has 0 aliphatic carbocycles. The molecule has 2 aromatic heterocycles. The van der Waals surface area contributed by atoms with Gasteiger partial charge in [-0.2, -0.15) is 0 Å². The van der Waals surface area contributed by atoms with Crippen molar-refractivity contribution in [3.8, 4) is 0 Å². The second kappa shape index (κ2) is 6.91. The maximum atomic E-state index is 12.1. The lowest BCUT2D eigenvalue weighted by atomic mass is 10.1. The molecule has 3 rings (SSSR count). The highest BCUT2D eigenvalue weighted by Gasteiger charge is 2.11. The van der Waals surface area contributed by atoms with Crippen molar-refractivity contribution >= 4 is 29.0 Å². The third-order valence-electron chi connectivity index (χ3n) is 3.30. The Bertz CT molecular complexity index is 918. The van der Waals surface area contributed by atoms with Crippen LogP contribution < -0.4 is 10.6 Å². The van der Waals surface area contributed by atoms with E-state index in [1.165, 1.54) is 19.3 Å². The zero-order chi connectivity index (χ0) is 17.8. The zero-order valence-electron chi connectivity index (χ0n) is 13.6. The SMILES string of the molecule is CC(=O)c1cccc(Nc2cnc(C(=O)Nc3cc(C)on3)cn2)c1. The van der Waals surface area contributed by atoms with Crippen LogP contribution in [0.15, 0.2) is 47.2 Å². The molecule has 25 heavy (non-hydrogen) atoms. The van der Waals surface area contributed by atoms with Crippen LogP contribution in [0.25, 0.3) is 0 Å². The molecule has 0 aliphatic rings. The predicted octanol–water partition coefficient (Wildman–Crippen LogP) is 2.97. The molecule has 0 aliphatic heterocycles. The van der Waals surface area contributed by atoms with E-state index < -0.39 is 5.91 Å². The smallest absolute Gasteiger partial charge is 0.277 e. The Labute approximate surface area is 143 Å². The standard InChI is InChI=1S/C17H15N5O3/c1-10-6-15(22-25-10)21-17(24)14-8-19-16(9-18-14)20-13-5-3-4-12(7-13)11(2)23/h3-9H,1-2H3,(H,19,20)(H,21,22,24). The molecule has 0 bridgehead atoms. The number of nitrogens with one attached hydrogen (secondary N) is 2. The van der Waals surface area contributed by atoms with Gasteiger partial charge >= 0.3 is 0 Å². The van der Waals surface area contributed by atoms with Gasteiger partial charge in [-0.3, -0.25) is 9.59 Å². The Kier molecular flexibility index (Phi) is 4.51. The van der Waals surface area contributed by atoms with Gasteiger partial charge in [-0.25, -0.2) is 9.97 Å². The van der Waals surface area contributed by atoms with E-state index in [0.717, 1.165) is 0 Å². The quantitative estimate of drug-likeness (QED) is 0.689. The molecule has 126 valence electrons. The number of amides is 1. The third-order valence-corrected chi connectivity index (χ3v) is 3.30. The van der Waals surface area contributed by atoms with Crippen LogP contribution in [0.5, 0.6) is 0 Å². The summed E-state index contributed by atoms with van der Waals surface area (Å²) in [5, 5.41) is 9.28. The van der Waals surface area contributed by atoms with Crippen LogP contribution in [0.4, 0.5) is 17.3 Å². The van der Waals surface area contributed by atoms with Crippen molar-refractivity contribution in [3.63, 3.8) is 0 Å². The molecule has 1 aromatic carbocycles. The number of ketones is 1. The summed E-state index contributed by atoms with van der Waals surface area (Å²) in [4.78, 5) is 31.7. The first kappa shape index (κ1) is 16.3. The molecule has 0 fully saturated rings. The monoisotopic (exact) mass is 337 g/mol. The highest BCUT2D eigenvalue weighted by Crippen LogP contribution is 2.16. The zero-order valence-corrected chi connectivity index (χ0v) is 13.6. The molecule has 1 amide bonds. The minimum Gasteiger partial charge on any atom is -0.360 e. The Morgan fingerprint density at radius 3 is 2.56 bits per heavy atom. The van der Waals surface area contributed by atoms with Gasteiger partial charge in [0.15, 0.2) is 11.6 Å². The molecule has 0 saturated carbocycles. The van der Waals surface area contributed by atoms with E-state index in [-0.39, 0.29) is 11.5 Å². The summed E-state index contributed by atoms with van der Waals surface area (Å²) in [6.07, 6.45) is 2.78. The van der Waals surface area contributed by atoms with E-state index >= 15 is 0 Å². The molecule has 0 spiro atoms. The van der Waals surface area contributed by atoms with E-state index in [2.05, 4.69) is 25.8 Å². The van der Waals surface area contributed by atoms with Gasteiger partial charge in [-0.1, -0.05) is 17.3 Å². The Balaban J connectivity index is 1.68. The topological polar surface area (TPSA) is 110 Å². The molecule has 0 saturated heterocycles. The first-order valence-corrected chi connectivity index (χ1v) is 7.46. The maximum Gasteiger partial charge on any atom is 0.277 e. The van der Waals surface area contributed by atoms with Crippen molar-refractivity contribution in [1.82, 2.24) is 15.1 Å². The van der Waals surface area contributed by atoms with Crippen LogP contribution >= 0.6 is 0 Å². The number of anilines is 3. The summed E-state index contributed by atoms with van der Waals surface area (Å²) in [5.74, 6) is 0.895. The van der Waals surface area contributed by atoms with Crippen molar-refractivity contribution in [3.05, 3.63) is 59.7 Å². The lowest BCUT2D eigenvalue weighted by Crippen LogP contribution is -2.14. The van der Waals surface area contributed by atoms with Gasteiger partial charge in [0.05, 0.1) is 12.4 Å². The number of aromatic nitrogens is 3. The van der Waals surface area contributed by atoms with E-state index in [4.69, 9.17) is 4.52 Å². The van der Waals surface area contributed by atoms with Crippen LogP contribution in [0, 0.1) is 6.92 Å². The molecule has 3 aromatic rings. The highest BCUT2D eigenvalue weighted by atomic mass is 16.5. The average molecular weight is 337 g/mol. The van der Waals surface area contributed by atoms with Crippen LogP contribution in [0.3, 0.4) is 0 Å². The summed E-state index contributed by atoms with van der Waals surface area (Å²) in [5.41, 5.74) is 1.44. The van der Waals surface area contributed by atoms with Gasteiger partial charge in [0.2, 0.25) is 0 Å². The van der Waals surface area contributed by atoms with E-state index in [1.54, 1.807) is 31.2 Å². The van der Waals surface area contributed by atoms with E-state index in [0.29, 0.717) is 28.6 Å². The summed E-state index contributed by atoms with van der Waals surface area (Å²) >= 11 is 0. The van der Waals surface area contributed by atoms with Crippen LogP contribution in [0.1, 0.15) is 33.5 Å². The van der Waals surface area contributed by atoms with Crippen molar-refractivity contribution in [2.24, 2.45) is 0 Å². The molecule has 0 unspecified atom stereocenters. The number of hydrogen-bond donors (Lipinski definition) is 2. The number of carbonyl (C=O) groups excluding carboxylic acids is 2. The molecular weight excluding hydrogens is 322 g/mol. The largest absolute Gasteiger partial charge is 0.360 e. The number of rotatable bonds is 5. The van der Waals surface area contributed by atoms with Crippen LogP contribution in [-0.4, -0.2) is 26.8 Å². The molecule has 2 N–H and O–H groups in total. The minimum absolute atomic E-state index is 0.0233. The summed E-state index contributed by atoms with van der Waals surface area (Å²) < 4.78 is 4.88. The molecular formula is C17H15N5O3. The van der Waals surface area contributed by atoms with Gasteiger partial charge in [0.25, 0.3) is 5.91 Å². The van der Waals surface area contributed by atoms with Crippen molar-refractivity contribution in [2.75, 3.05) is 10.6 Å². The van der Waals surface area contributed by atoms with E-state index in [9.17, 15) is 9.59 Å². The fourth-order valence-electron chi connectivity index (χ4n) is 2.08. The third kappa shape index (κ3) is 4.05. The first-order chi connectivity index (χ1) is 12.0. The van der Waals surface area contributed by atoms with Gasteiger partial charge < -0.3 is 15.2 Å². The molecule has 8 heteroatoms. The van der Waals surface area contributed by atoms with Crippen molar-refractivity contribution < 1.29 is 14.1 Å². The van der Waals surface area contributed by atoms with Gasteiger partial charge in [0, 0.05) is 17.3 Å². The first-order valence-electron chi connectivity index (χ1n) is 7.46. The van der Waals surface area contributed by atoms with E-state index in [1.807, 2.05) is 6.07 Å². The lowest BCUT2D eigenvalue weighted by molar-refractivity contribution is 0.101. The molecule has 0 atom stereocenters. The van der Waals surface area contributed by atoms with Gasteiger partial charge in [0.1, 0.15) is 17.3 Å². The van der Waals surface area contributed by atoms with Gasteiger partial charge in [-0.05, 0) is 26.0 Å². The summed E-state index contributed by atoms with van der Waals surface area (Å²) in [6.45, 7) is 3.23. The Hall–Kier alpha value is -3.55. The number of nitrogens with zero attached hydrogens (tertiary/aromatic N) is 3. The Morgan fingerprint density at radius 2 is 1.92 bits per heavy atom. The number of Topliss-reactive ketones (excluding diaryl/α,β-unsaturated/α-hetero) is 1. The molecule has 8 nitrogen and oxygen atoms in total. The number of aryl methyl sites for hydroxylation is 1. The number of benzene rings is 1. The summed E-state index contributed by atoms with van der Waals surface area (Å²) in [7, 11) is 0. The average Bonchev–Trinajstić information content (AvgIpc) is 3.00. The molecule has 2 heterocycles. The second-order valence-corrected chi connectivity index (χ2v) is 5.33.